The number of hydrogen-bond donors (Lipinski definition) is 3. The molecule has 0 saturated heterocycles. The Balaban J connectivity index is 0.000000217. The average Bonchev–Trinajstić information content (AvgIpc) is 2.38. The number of carbonyl (C=O) groups excluding carboxylic acids is 1. The minimum atomic E-state index is -0.771. The standard InChI is InChI=1S/C8H9Br2NO.C6H8N2/c1-5-2-3-8(10,7(11)12)6(9)4-5;7-5-3-1-2-4-6(5)8/h2-4,6H,1H3,(H2,11,12);1-4H,7-8H2. The summed E-state index contributed by atoms with van der Waals surface area (Å²) in [7, 11) is 0. The van der Waals surface area contributed by atoms with Gasteiger partial charge in [-0.2, -0.15) is 0 Å². The number of rotatable bonds is 1. The summed E-state index contributed by atoms with van der Waals surface area (Å²) in [6.07, 6.45) is 5.58. The van der Waals surface area contributed by atoms with Gasteiger partial charge >= 0.3 is 0 Å². The van der Waals surface area contributed by atoms with Gasteiger partial charge in [0.1, 0.15) is 4.32 Å². The van der Waals surface area contributed by atoms with E-state index in [-0.39, 0.29) is 10.7 Å². The summed E-state index contributed by atoms with van der Waals surface area (Å²) in [5, 5.41) is 0. The van der Waals surface area contributed by atoms with Gasteiger partial charge in [-0.15, -0.1) is 0 Å². The average molecular weight is 403 g/mol. The summed E-state index contributed by atoms with van der Waals surface area (Å²) in [4.78, 5) is 11.0. The quantitative estimate of drug-likeness (QED) is 0.497. The van der Waals surface area contributed by atoms with Crippen molar-refractivity contribution in [3.05, 3.63) is 48.1 Å². The molecule has 0 aliphatic heterocycles. The van der Waals surface area contributed by atoms with Crippen LogP contribution in [-0.4, -0.2) is 15.1 Å². The first-order valence-corrected chi connectivity index (χ1v) is 7.58. The molecule has 6 heteroatoms. The van der Waals surface area contributed by atoms with Crippen molar-refractivity contribution >= 4 is 49.1 Å². The van der Waals surface area contributed by atoms with E-state index in [1.165, 1.54) is 0 Å². The number of para-hydroxylation sites is 2. The molecule has 2 rings (SSSR count). The van der Waals surface area contributed by atoms with Gasteiger partial charge in [0, 0.05) is 0 Å². The van der Waals surface area contributed by atoms with Crippen molar-refractivity contribution in [2.45, 2.75) is 16.1 Å². The Hall–Kier alpha value is -1.27. The number of primary amides is 1. The van der Waals surface area contributed by atoms with Crippen molar-refractivity contribution in [2.75, 3.05) is 11.5 Å². The molecule has 0 bridgehead atoms. The van der Waals surface area contributed by atoms with E-state index in [1.54, 1.807) is 18.2 Å². The van der Waals surface area contributed by atoms with Crippen LogP contribution in [0, 0.1) is 0 Å². The number of amides is 1. The zero-order valence-corrected chi connectivity index (χ0v) is 14.2. The van der Waals surface area contributed by atoms with Crippen molar-refractivity contribution in [3.8, 4) is 0 Å². The fourth-order valence-electron chi connectivity index (χ4n) is 1.48. The van der Waals surface area contributed by atoms with Crippen LogP contribution in [0.15, 0.2) is 48.1 Å². The number of alkyl halides is 2. The van der Waals surface area contributed by atoms with Crippen LogP contribution in [0.25, 0.3) is 0 Å². The summed E-state index contributed by atoms with van der Waals surface area (Å²) in [5.74, 6) is -0.385. The summed E-state index contributed by atoms with van der Waals surface area (Å²) >= 11 is 6.68. The Bertz CT molecular complexity index is 536. The fourth-order valence-corrected chi connectivity index (χ4v) is 2.54. The number of hydrogen-bond acceptors (Lipinski definition) is 3. The molecule has 2 atom stereocenters. The van der Waals surface area contributed by atoms with Crippen LogP contribution in [0.4, 0.5) is 11.4 Å². The molecular weight excluding hydrogens is 386 g/mol. The maximum atomic E-state index is 11.1. The number of nitrogens with two attached hydrogens (primary N) is 3. The molecule has 6 N–H and O–H groups in total. The van der Waals surface area contributed by atoms with Crippen LogP contribution >= 0.6 is 31.9 Å². The molecule has 0 heterocycles. The van der Waals surface area contributed by atoms with Gasteiger partial charge in [0.25, 0.3) is 0 Å². The van der Waals surface area contributed by atoms with E-state index in [9.17, 15) is 4.79 Å². The van der Waals surface area contributed by atoms with Crippen molar-refractivity contribution < 1.29 is 4.79 Å². The van der Waals surface area contributed by atoms with Crippen molar-refractivity contribution in [1.29, 1.82) is 0 Å². The molecule has 4 nitrogen and oxygen atoms in total. The van der Waals surface area contributed by atoms with Gasteiger partial charge in [-0.1, -0.05) is 67.8 Å². The third-order valence-corrected chi connectivity index (χ3v) is 5.52. The predicted octanol–water partition coefficient (Wildman–Crippen LogP) is 2.74. The SMILES string of the molecule is CC1=CC(Br)C(Br)(C(N)=O)C=C1.Nc1ccccc1N. The number of nitrogen functional groups attached to an aromatic ring is 2. The second kappa shape index (κ2) is 6.95. The Morgan fingerprint density at radius 1 is 1.25 bits per heavy atom. The van der Waals surface area contributed by atoms with Crippen LogP contribution in [0.1, 0.15) is 6.92 Å². The lowest BCUT2D eigenvalue weighted by atomic mass is 9.96. The van der Waals surface area contributed by atoms with E-state index < -0.39 is 4.32 Å². The summed E-state index contributed by atoms with van der Waals surface area (Å²) in [5.41, 5.74) is 18.4. The van der Waals surface area contributed by atoms with Crippen molar-refractivity contribution in [3.63, 3.8) is 0 Å². The third-order valence-electron chi connectivity index (χ3n) is 2.77. The van der Waals surface area contributed by atoms with Gasteiger partial charge in [-0.25, -0.2) is 0 Å². The molecule has 20 heavy (non-hydrogen) atoms. The molecule has 1 aliphatic rings. The number of halogens is 2. The molecule has 1 aromatic carbocycles. The topological polar surface area (TPSA) is 95.1 Å². The Labute approximate surface area is 135 Å². The first kappa shape index (κ1) is 16.8. The predicted molar refractivity (Wildman–Crippen MR) is 91.7 cm³/mol. The van der Waals surface area contributed by atoms with Gasteiger partial charge in [0.05, 0.1) is 16.2 Å². The van der Waals surface area contributed by atoms with E-state index in [4.69, 9.17) is 17.2 Å². The number of benzene rings is 1. The molecule has 1 aromatic rings. The Morgan fingerprint density at radius 2 is 1.75 bits per heavy atom. The zero-order chi connectivity index (χ0) is 15.3. The lowest BCUT2D eigenvalue weighted by molar-refractivity contribution is -0.118. The first-order valence-electron chi connectivity index (χ1n) is 5.88. The minimum absolute atomic E-state index is 0.0764. The summed E-state index contributed by atoms with van der Waals surface area (Å²) < 4.78 is -0.771. The largest absolute Gasteiger partial charge is 0.397 e. The van der Waals surface area contributed by atoms with Crippen LogP contribution in [0.3, 0.4) is 0 Å². The molecule has 0 fully saturated rings. The molecule has 0 aromatic heterocycles. The van der Waals surface area contributed by atoms with Crippen molar-refractivity contribution in [2.24, 2.45) is 5.73 Å². The van der Waals surface area contributed by atoms with Crippen LogP contribution < -0.4 is 17.2 Å². The van der Waals surface area contributed by atoms with Crippen LogP contribution in [0.2, 0.25) is 0 Å². The van der Waals surface area contributed by atoms with Gasteiger partial charge in [0.15, 0.2) is 0 Å². The second-order valence-corrected chi connectivity index (χ2v) is 6.71. The smallest absolute Gasteiger partial charge is 0.239 e. The van der Waals surface area contributed by atoms with Gasteiger partial charge in [-0.3, -0.25) is 4.79 Å². The summed E-state index contributed by atoms with van der Waals surface area (Å²) in [6, 6.07) is 7.25. The van der Waals surface area contributed by atoms with E-state index in [2.05, 4.69) is 31.9 Å². The van der Waals surface area contributed by atoms with Gasteiger partial charge in [0.2, 0.25) is 5.91 Å². The van der Waals surface area contributed by atoms with Crippen molar-refractivity contribution in [1.82, 2.24) is 0 Å². The van der Waals surface area contributed by atoms with Gasteiger partial charge < -0.3 is 17.2 Å². The molecule has 0 saturated carbocycles. The van der Waals surface area contributed by atoms with Gasteiger partial charge in [-0.05, 0) is 19.1 Å². The Morgan fingerprint density at radius 3 is 2.10 bits per heavy atom. The molecule has 1 amide bonds. The van der Waals surface area contributed by atoms with E-state index in [0.717, 1.165) is 5.57 Å². The normalized spacial score (nSPS) is 24.4. The maximum absolute atomic E-state index is 11.1. The zero-order valence-electron chi connectivity index (χ0n) is 11.0. The highest BCUT2D eigenvalue weighted by Crippen LogP contribution is 2.34. The number of allylic oxidation sites excluding steroid dienone is 3. The second-order valence-electron chi connectivity index (χ2n) is 4.41. The minimum Gasteiger partial charge on any atom is -0.397 e. The summed E-state index contributed by atoms with van der Waals surface area (Å²) in [6.45, 7) is 1.97. The highest BCUT2D eigenvalue weighted by molar-refractivity contribution is 9.13. The van der Waals surface area contributed by atoms with E-state index in [0.29, 0.717) is 11.4 Å². The molecule has 108 valence electrons. The monoisotopic (exact) mass is 401 g/mol. The molecular formula is C14H17Br2N3O. The van der Waals surface area contributed by atoms with E-state index in [1.807, 2.05) is 31.2 Å². The number of carbonyl (C=O) groups is 1. The van der Waals surface area contributed by atoms with E-state index >= 15 is 0 Å². The highest BCUT2D eigenvalue weighted by atomic mass is 79.9. The molecule has 2 unspecified atom stereocenters. The third kappa shape index (κ3) is 4.11. The van der Waals surface area contributed by atoms with Crippen LogP contribution in [0.5, 0.6) is 0 Å². The lowest BCUT2D eigenvalue weighted by Crippen LogP contribution is -2.44. The maximum Gasteiger partial charge on any atom is 0.239 e. The lowest BCUT2D eigenvalue weighted by Gasteiger charge is -2.26. The Kier molecular flexibility index (Phi) is 5.83. The van der Waals surface area contributed by atoms with Crippen LogP contribution in [-0.2, 0) is 4.79 Å². The highest BCUT2D eigenvalue weighted by Gasteiger charge is 2.38. The molecule has 0 radical (unpaired) electrons. The molecule has 1 aliphatic carbocycles. The molecule has 0 spiro atoms. The fraction of sp³-hybridized carbons (Fsp3) is 0.214. The number of anilines is 2. The first-order chi connectivity index (χ1) is 9.27.